The highest BCUT2D eigenvalue weighted by atomic mass is 35.5. The lowest BCUT2D eigenvalue weighted by molar-refractivity contribution is 0.319. The first-order valence-electron chi connectivity index (χ1n) is 4.93. The highest BCUT2D eigenvalue weighted by molar-refractivity contribution is 8.23. The minimum absolute atomic E-state index is 0.447. The first kappa shape index (κ1) is 14.3. The van der Waals surface area contributed by atoms with Crippen LogP contribution in [0.2, 0.25) is 5.02 Å². The van der Waals surface area contributed by atoms with Gasteiger partial charge in [-0.1, -0.05) is 40.7 Å². The smallest absolute Gasteiger partial charge is 0.220 e. The van der Waals surface area contributed by atoms with Gasteiger partial charge in [-0.15, -0.1) is 0 Å². The third-order valence-corrected chi connectivity index (χ3v) is 3.38. The van der Waals surface area contributed by atoms with Gasteiger partial charge in [-0.25, -0.2) is 0 Å². The molecule has 0 aromatic heterocycles. The largest absolute Gasteiger partial charge is 0.479 e. The third kappa shape index (κ3) is 4.93. The van der Waals surface area contributed by atoms with E-state index in [1.54, 1.807) is 24.3 Å². The molecule has 1 aromatic carbocycles. The third-order valence-electron chi connectivity index (χ3n) is 1.89. The number of hydrogen-bond donors (Lipinski definition) is 1. The van der Waals surface area contributed by atoms with Crippen LogP contribution in [0.15, 0.2) is 29.4 Å². The van der Waals surface area contributed by atoms with Crippen molar-refractivity contribution in [3.05, 3.63) is 34.9 Å². The average molecular weight is 290 g/mol. The normalized spacial score (nSPS) is 11.3. The summed E-state index contributed by atoms with van der Waals surface area (Å²) in [6.07, 6.45) is 0. The van der Waals surface area contributed by atoms with Gasteiger partial charge in [0.05, 0.1) is 12.3 Å². The van der Waals surface area contributed by atoms with Crippen molar-refractivity contribution in [1.82, 2.24) is 0 Å². The molecule has 0 aliphatic carbocycles. The topological polar surface area (TPSA) is 41.8 Å². The van der Waals surface area contributed by atoms with Crippen molar-refractivity contribution in [2.24, 2.45) is 5.16 Å². The number of halogens is 1. The van der Waals surface area contributed by atoms with Crippen molar-refractivity contribution >= 4 is 45.7 Å². The molecule has 0 bridgehead atoms. The predicted molar refractivity (Wildman–Crippen MR) is 76.5 cm³/mol. The number of hydrogen-bond acceptors (Lipinski definition) is 5. The summed E-state index contributed by atoms with van der Waals surface area (Å²) in [6, 6.07) is 7.07. The zero-order valence-electron chi connectivity index (χ0n) is 9.22. The van der Waals surface area contributed by atoms with E-state index in [2.05, 4.69) is 5.16 Å². The summed E-state index contributed by atoms with van der Waals surface area (Å²) in [5.74, 6) is 0.455. The lowest BCUT2D eigenvalue weighted by Crippen LogP contribution is -2.07. The molecule has 0 aliphatic heterocycles. The summed E-state index contributed by atoms with van der Waals surface area (Å²) in [7, 11) is 0. The SMILES string of the molecule is CCOC(=S)SC/C(=N/O)c1ccc(Cl)cc1. The van der Waals surface area contributed by atoms with Crippen LogP contribution >= 0.6 is 35.6 Å². The van der Waals surface area contributed by atoms with Crippen LogP contribution in [0.5, 0.6) is 0 Å². The molecular formula is C11H12ClNO2S2. The molecule has 6 heteroatoms. The van der Waals surface area contributed by atoms with E-state index in [1.165, 1.54) is 11.8 Å². The molecule has 0 radical (unpaired) electrons. The van der Waals surface area contributed by atoms with Crippen molar-refractivity contribution < 1.29 is 9.94 Å². The lowest BCUT2D eigenvalue weighted by atomic mass is 10.1. The summed E-state index contributed by atoms with van der Waals surface area (Å²) in [4.78, 5) is 0. The minimum Gasteiger partial charge on any atom is -0.479 e. The molecule has 17 heavy (non-hydrogen) atoms. The number of thiocarbonyl (C=S) groups is 1. The molecule has 1 aromatic rings. The van der Waals surface area contributed by atoms with Crippen LogP contribution in [0.1, 0.15) is 12.5 Å². The fraction of sp³-hybridized carbons (Fsp3) is 0.273. The fourth-order valence-corrected chi connectivity index (χ4v) is 2.20. The van der Waals surface area contributed by atoms with E-state index in [0.29, 0.717) is 27.5 Å². The van der Waals surface area contributed by atoms with Gasteiger partial charge in [0.2, 0.25) is 4.38 Å². The Labute approximate surface area is 115 Å². The Bertz CT molecular complexity index is 406. The van der Waals surface area contributed by atoms with Crippen LogP contribution in [0.3, 0.4) is 0 Å². The van der Waals surface area contributed by atoms with Gasteiger partial charge in [0, 0.05) is 16.3 Å². The van der Waals surface area contributed by atoms with E-state index in [0.717, 1.165) is 5.56 Å². The minimum atomic E-state index is 0.447. The Balaban J connectivity index is 2.61. The Morgan fingerprint density at radius 3 is 2.65 bits per heavy atom. The van der Waals surface area contributed by atoms with E-state index in [1.807, 2.05) is 6.92 Å². The Morgan fingerprint density at radius 2 is 2.12 bits per heavy atom. The predicted octanol–water partition coefficient (Wildman–Crippen LogP) is 3.57. The molecule has 1 N–H and O–H groups in total. The van der Waals surface area contributed by atoms with Crippen LogP contribution in [0.4, 0.5) is 0 Å². The molecule has 0 unspecified atom stereocenters. The maximum atomic E-state index is 8.95. The Hall–Kier alpha value is -0.780. The first-order valence-corrected chi connectivity index (χ1v) is 6.71. The summed E-state index contributed by atoms with van der Waals surface area (Å²) in [5.41, 5.74) is 1.34. The van der Waals surface area contributed by atoms with Gasteiger partial charge in [0.25, 0.3) is 0 Å². The number of nitrogens with zero attached hydrogens (tertiary/aromatic N) is 1. The van der Waals surface area contributed by atoms with Gasteiger partial charge in [0.1, 0.15) is 0 Å². The van der Waals surface area contributed by atoms with Crippen LogP contribution < -0.4 is 0 Å². The number of rotatable bonds is 4. The van der Waals surface area contributed by atoms with Crippen LogP contribution in [0, 0.1) is 0 Å². The molecule has 0 aliphatic rings. The Kier molecular flexibility index (Phi) is 6.32. The molecule has 0 atom stereocenters. The maximum absolute atomic E-state index is 8.95. The molecule has 0 heterocycles. The van der Waals surface area contributed by atoms with Crippen LogP contribution in [-0.4, -0.2) is 27.7 Å². The highest BCUT2D eigenvalue weighted by Crippen LogP contribution is 2.14. The molecule has 1 rings (SSSR count). The summed E-state index contributed by atoms with van der Waals surface area (Å²) < 4.78 is 5.58. The number of thioether (sulfide) groups is 1. The fourth-order valence-electron chi connectivity index (χ4n) is 1.10. The summed E-state index contributed by atoms with van der Waals surface area (Å²) >= 11 is 12.1. The van der Waals surface area contributed by atoms with Gasteiger partial charge in [-0.3, -0.25) is 0 Å². The van der Waals surface area contributed by atoms with E-state index in [9.17, 15) is 0 Å². The second kappa shape index (κ2) is 7.53. The second-order valence-electron chi connectivity index (χ2n) is 3.03. The zero-order valence-corrected chi connectivity index (χ0v) is 11.6. The van der Waals surface area contributed by atoms with Crippen LogP contribution in [-0.2, 0) is 4.74 Å². The van der Waals surface area contributed by atoms with Crippen molar-refractivity contribution in [3.8, 4) is 0 Å². The molecule has 0 saturated carbocycles. The average Bonchev–Trinajstić information content (AvgIpc) is 2.32. The van der Waals surface area contributed by atoms with E-state index < -0.39 is 0 Å². The lowest BCUT2D eigenvalue weighted by Gasteiger charge is -2.06. The number of benzene rings is 1. The number of oxime groups is 1. The molecule has 92 valence electrons. The quantitative estimate of drug-likeness (QED) is 0.398. The molecule has 0 fully saturated rings. The Morgan fingerprint density at radius 1 is 1.47 bits per heavy atom. The van der Waals surface area contributed by atoms with Gasteiger partial charge < -0.3 is 9.94 Å². The standard InChI is InChI=1S/C11H12ClNO2S2/c1-2-15-11(16)17-7-10(13-14)8-3-5-9(12)6-4-8/h3-6,14H,2,7H2,1H3/b13-10-. The van der Waals surface area contributed by atoms with Crippen molar-refractivity contribution in [1.29, 1.82) is 0 Å². The molecular weight excluding hydrogens is 278 g/mol. The van der Waals surface area contributed by atoms with Gasteiger partial charge in [-0.05, 0) is 31.3 Å². The zero-order chi connectivity index (χ0) is 12.7. The van der Waals surface area contributed by atoms with E-state index in [4.69, 9.17) is 33.8 Å². The van der Waals surface area contributed by atoms with Crippen molar-refractivity contribution in [3.63, 3.8) is 0 Å². The molecule has 3 nitrogen and oxygen atoms in total. The highest BCUT2D eigenvalue weighted by Gasteiger charge is 2.07. The molecule has 0 saturated heterocycles. The first-order chi connectivity index (χ1) is 8.17. The van der Waals surface area contributed by atoms with Gasteiger partial charge >= 0.3 is 0 Å². The van der Waals surface area contributed by atoms with Crippen molar-refractivity contribution in [2.45, 2.75) is 6.92 Å². The van der Waals surface area contributed by atoms with Gasteiger partial charge in [0.15, 0.2) is 0 Å². The van der Waals surface area contributed by atoms with Gasteiger partial charge in [-0.2, -0.15) is 0 Å². The van der Waals surface area contributed by atoms with E-state index >= 15 is 0 Å². The second-order valence-corrected chi connectivity index (χ2v) is 5.04. The molecule has 0 spiro atoms. The number of ether oxygens (including phenoxy) is 1. The van der Waals surface area contributed by atoms with E-state index in [-0.39, 0.29) is 0 Å². The summed E-state index contributed by atoms with van der Waals surface area (Å²) in [6.45, 7) is 2.41. The monoisotopic (exact) mass is 289 g/mol. The summed E-state index contributed by atoms with van der Waals surface area (Å²) in [5, 5.41) is 12.8. The molecule has 0 amide bonds. The van der Waals surface area contributed by atoms with Crippen molar-refractivity contribution in [2.75, 3.05) is 12.4 Å². The van der Waals surface area contributed by atoms with Crippen LogP contribution in [0.25, 0.3) is 0 Å². The maximum Gasteiger partial charge on any atom is 0.220 e.